The van der Waals surface area contributed by atoms with Crippen molar-refractivity contribution in [3.05, 3.63) is 0 Å². The summed E-state index contributed by atoms with van der Waals surface area (Å²) in [5.41, 5.74) is 5.27. The molecule has 0 aliphatic heterocycles. The van der Waals surface area contributed by atoms with E-state index in [1.807, 2.05) is 0 Å². The number of nitrogens with two attached hydrogens (primary N) is 1. The molecule has 0 aromatic heterocycles. The molecule has 0 bridgehead atoms. The minimum absolute atomic E-state index is 0.191. The van der Waals surface area contributed by atoms with Crippen LogP contribution < -0.4 is 11.1 Å². The Balaban J connectivity index is 3.31. The Morgan fingerprint density at radius 3 is 1.76 bits per heavy atom. The maximum absolute atomic E-state index is 11.0. The van der Waals surface area contributed by atoms with Crippen LogP contribution in [0.4, 0.5) is 0 Å². The summed E-state index contributed by atoms with van der Waals surface area (Å²) in [7, 11) is 0. The number of carbonyl (C=O) groups is 1. The molecular weight excluding hydrogens is 260 g/mol. The zero-order valence-electron chi connectivity index (χ0n) is 14.5. The van der Waals surface area contributed by atoms with Crippen molar-refractivity contribution in [1.29, 1.82) is 0 Å². The molecule has 0 unspecified atom stereocenters. The number of hydrogen-bond acceptors (Lipinski definition) is 2. The fourth-order valence-corrected chi connectivity index (χ4v) is 2.86. The number of carbonyl (C=O) groups excluding carboxylic acids is 1. The first-order valence-corrected chi connectivity index (χ1v) is 9.22. The molecule has 0 saturated heterocycles. The van der Waals surface area contributed by atoms with E-state index in [0.29, 0.717) is 6.42 Å². The Labute approximate surface area is 132 Å². The van der Waals surface area contributed by atoms with Crippen molar-refractivity contribution in [3.63, 3.8) is 0 Å². The third-order valence-corrected chi connectivity index (χ3v) is 4.10. The molecular formula is C18H38N2O. The van der Waals surface area contributed by atoms with E-state index in [0.717, 1.165) is 13.0 Å². The maximum Gasteiger partial charge on any atom is 0.218 e. The van der Waals surface area contributed by atoms with E-state index in [4.69, 9.17) is 5.73 Å². The van der Waals surface area contributed by atoms with E-state index in [9.17, 15) is 4.79 Å². The van der Waals surface area contributed by atoms with Crippen LogP contribution in [0.3, 0.4) is 0 Å². The fourth-order valence-electron chi connectivity index (χ4n) is 2.86. The van der Waals surface area contributed by atoms with Gasteiger partial charge in [0.15, 0.2) is 0 Å². The zero-order chi connectivity index (χ0) is 15.8. The van der Waals surface area contributed by atoms with Gasteiger partial charge >= 0.3 is 0 Å². The number of nitrogens with one attached hydrogen (secondary N) is 1. The van der Waals surface area contributed by atoms with Crippen LogP contribution in [0.25, 0.3) is 0 Å². The first-order chi connectivity index (χ1) is 10.2. The molecule has 126 valence electrons. The number of amides is 1. The van der Waals surface area contributed by atoms with E-state index in [2.05, 4.69) is 19.2 Å². The first kappa shape index (κ1) is 20.4. The molecule has 0 fully saturated rings. The minimum Gasteiger partial charge on any atom is -0.370 e. The van der Waals surface area contributed by atoms with Crippen molar-refractivity contribution in [2.75, 3.05) is 6.54 Å². The average molecular weight is 299 g/mol. The lowest BCUT2D eigenvalue weighted by molar-refractivity contribution is -0.118. The van der Waals surface area contributed by atoms with Gasteiger partial charge in [-0.1, -0.05) is 84.5 Å². The Morgan fingerprint density at radius 1 is 0.857 bits per heavy atom. The molecule has 3 N–H and O–H groups in total. The van der Waals surface area contributed by atoms with E-state index in [1.54, 1.807) is 0 Å². The molecule has 0 saturated carbocycles. The van der Waals surface area contributed by atoms with Crippen molar-refractivity contribution in [2.45, 2.75) is 103 Å². The van der Waals surface area contributed by atoms with E-state index >= 15 is 0 Å². The predicted molar refractivity (Wildman–Crippen MR) is 92.4 cm³/mol. The Bertz CT molecular complexity index is 231. The second-order valence-electron chi connectivity index (χ2n) is 6.25. The van der Waals surface area contributed by atoms with Crippen LogP contribution in [0.15, 0.2) is 0 Å². The van der Waals surface area contributed by atoms with Gasteiger partial charge in [-0.15, -0.1) is 0 Å². The van der Waals surface area contributed by atoms with Crippen molar-refractivity contribution in [1.82, 2.24) is 5.32 Å². The van der Waals surface area contributed by atoms with Crippen LogP contribution in [0.1, 0.15) is 97.3 Å². The fraction of sp³-hybridized carbons (Fsp3) is 0.944. The third kappa shape index (κ3) is 15.6. The zero-order valence-corrected chi connectivity index (χ0v) is 14.5. The molecule has 1 amide bonds. The van der Waals surface area contributed by atoms with Gasteiger partial charge in [0.2, 0.25) is 5.91 Å². The van der Waals surface area contributed by atoms with Gasteiger partial charge in [0.1, 0.15) is 0 Å². The molecule has 0 aromatic rings. The van der Waals surface area contributed by atoms with Crippen LogP contribution in [0, 0.1) is 0 Å². The van der Waals surface area contributed by atoms with Crippen molar-refractivity contribution in [2.24, 2.45) is 5.73 Å². The number of rotatable bonds is 16. The quantitative estimate of drug-likeness (QED) is 0.411. The molecule has 0 spiro atoms. The molecule has 0 rings (SSSR count). The third-order valence-electron chi connectivity index (χ3n) is 4.10. The second kappa shape index (κ2) is 15.8. The summed E-state index contributed by atoms with van der Waals surface area (Å²) in [6, 6.07) is 0.283. The van der Waals surface area contributed by atoms with Crippen molar-refractivity contribution >= 4 is 5.91 Å². The van der Waals surface area contributed by atoms with Gasteiger partial charge in [-0.2, -0.15) is 0 Å². The van der Waals surface area contributed by atoms with Crippen molar-refractivity contribution in [3.8, 4) is 0 Å². The van der Waals surface area contributed by atoms with Gasteiger partial charge in [0.25, 0.3) is 0 Å². The minimum atomic E-state index is -0.191. The van der Waals surface area contributed by atoms with Crippen molar-refractivity contribution < 1.29 is 4.79 Å². The molecule has 3 nitrogen and oxygen atoms in total. The molecule has 0 heterocycles. The van der Waals surface area contributed by atoms with Crippen LogP contribution >= 0.6 is 0 Å². The number of unbranched alkanes of at least 4 members (excludes halogenated alkanes) is 10. The highest BCUT2D eigenvalue weighted by atomic mass is 16.1. The monoisotopic (exact) mass is 298 g/mol. The van der Waals surface area contributed by atoms with Crippen LogP contribution in [-0.2, 0) is 4.79 Å². The summed E-state index contributed by atoms with van der Waals surface area (Å²) < 4.78 is 0. The van der Waals surface area contributed by atoms with Crippen LogP contribution in [-0.4, -0.2) is 18.5 Å². The average Bonchev–Trinajstić information content (AvgIpc) is 2.44. The summed E-state index contributed by atoms with van der Waals surface area (Å²) in [5, 5.41) is 3.35. The molecule has 0 aliphatic rings. The maximum atomic E-state index is 11.0. The summed E-state index contributed by atoms with van der Waals surface area (Å²) in [6.45, 7) is 5.26. The largest absolute Gasteiger partial charge is 0.370 e. The number of hydrogen-bond donors (Lipinski definition) is 2. The summed E-state index contributed by atoms with van der Waals surface area (Å²) in [6.07, 6.45) is 16.6. The highest BCUT2D eigenvalue weighted by molar-refractivity contribution is 5.74. The molecule has 0 aliphatic carbocycles. The van der Waals surface area contributed by atoms with Gasteiger partial charge in [-0.25, -0.2) is 0 Å². The molecule has 3 heteroatoms. The molecule has 1 atom stereocenters. The highest BCUT2D eigenvalue weighted by Crippen LogP contribution is 2.13. The van der Waals surface area contributed by atoms with E-state index in [-0.39, 0.29) is 11.9 Å². The van der Waals surface area contributed by atoms with Crippen LogP contribution in [0.5, 0.6) is 0 Å². The van der Waals surface area contributed by atoms with Crippen LogP contribution in [0.2, 0.25) is 0 Å². The Morgan fingerprint density at radius 2 is 1.33 bits per heavy atom. The lowest BCUT2D eigenvalue weighted by Crippen LogP contribution is -2.33. The van der Waals surface area contributed by atoms with Gasteiger partial charge < -0.3 is 11.1 Å². The number of primary amides is 1. The van der Waals surface area contributed by atoms with Gasteiger partial charge in [0.05, 0.1) is 0 Å². The summed E-state index contributed by atoms with van der Waals surface area (Å²) >= 11 is 0. The first-order valence-electron chi connectivity index (χ1n) is 9.22. The molecule has 0 aromatic carbocycles. The van der Waals surface area contributed by atoms with Gasteiger partial charge in [-0.3, -0.25) is 4.79 Å². The SMILES string of the molecule is CCCCCCCCCCCCC[C@@H](CC(N)=O)NCC. The smallest absolute Gasteiger partial charge is 0.218 e. The van der Waals surface area contributed by atoms with E-state index < -0.39 is 0 Å². The van der Waals surface area contributed by atoms with Gasteiger partial charge in [-0.05, 0) is 13.0 Å². The van der Waals surface area contributed by atoms with Gasteiger partial charge in [0, 0.05) is 12.5 Å². The summed E-state index contributed by atoms with van der Waals surface area (Å²) in [5.74, 6) is -0.191. The Kier molecular flexibility index (Phi) is 15.4. The molecule has 0 radical (unpaired) electrons. The second-order valence-corrected chi connectivity index (χ2v) is 6.25. The lowest BCUT2D eigenvalue weighted by atomic mass is 10.0. The van der Waals surface area contributed by atoms with E-state index in [1.165, 1.54) is 70.6 Å². The highest BCUT2D eigenvalue weighted by Gasteiger charge is 2.09. The normalized spacial score (nSPS) is 12.5. The summed E-state index contributed by atoms with van der Waals surface area (Å²) in [4.78, 5) is 11.0. The standard InChI is InChI=1S/C18H38N2O/c1-3-5-6-7-8-9-10-11-12-13-14-15-17(20-4-2)16-18(19)21/h17,20H,3-16H2,1-2H3,(H2,19,21)/t17-/m0/s1. The lowest BCUT2D eigenvalue weighted by Gasteiger charge is -2.15. The Hall–Kier alpha value is -0.570. The predicted octanol–water partition coefficient (Wildman–Crippen LogP) is 4.54. The topological polar surface area (TPSA) is 55.1 Å². The molecule has 21 heavy (non-hydrogen) atoms.